The van der Waals surface area contributed by atoms with E-state index in [4.69, 9.17) is 15.1 Å². The minimum absolute atomic E-state index is 0.258. The minimum atomic E-state index is -0.942. The van der Waals surface area contributed by atoms with Crippen molar-refractivity contribution in [3.05, 3.63) is 115 Å². The lowest BCUT2D eigenvalue weighted by Crippen LogP contribution is -2.05. The van der Waals surface area contributed by atoms with E-state index in [1.165, 1.54) is 0 Å². The molecule has 0 atom stereocenters. The third-order valence-electron chi connectivity index (χ3n) is 5.76. The van der Waals surface area contributed by atoms with E-state index >= 15 is 0 Å². The van der Waals surface area contributed by atoms with Crippen molar-refractivity contribution < 1.29 is 9.90 Å². The highest BCUT2D eigenvalue weighted by molar-refractivity contribution is 5.93. The van der Waals surface area contributed by atoms with Gasteiger partial charge in [-0.3, -0.25) is 4.98 Å². The van der Waals surface area contributed by atoms with Crippen molar-refractivity contribution in [3.63, 3.8) is 0 Å². The lowest BCUT2D eigenvalue weighted by molar-refractivity contribution is 0.0697. The summed E-state index contributed by atoms with van der Waals surface area (Å²) in [5.74, 6) is 0.334. The normalized spacial score (nSPS) is 10.7. The fourth-order valence-corrected chi connectivity index (χ4v) is 3.83. The molecule has 0 radical (unpaired) electrons. The van der Waals surface area contributed by atoms with Crippen LogP contribution in [0.5, 0.6) is 0 Å². The van der Waals surface area contributed by atoms with E-state index in [1.807, 2.05) is 36.4 Å². The predicted molar refractivity (Wildman–Crippen MR) is 139 cm³/mol. The van der Waals surface area contributed by atoms with Gasteiger partial charge in [-0.25, -0.2) is 14.8 Å². The molecule has 0 fully saturated rings. The topological polar surface area (TPSA) is 88.0 Å². The molecule has 2 aromatic heterocycles. The maximum absolute atomic E-state index is 11.1. The average molecular weight is 459 g/mol. The highest BCUT2D eigenvalue weighted by atomic mass is 16.4. The van der Waals surface area contributed by atoms with Gasteiger partial charge in [-0.15, -0.1) is 0 Å². The lowest BCUT2D eigenvalue weighted by atomic mass is 10.0. The predicted octanol–water partition coefficient (Wildman–Crippen LogP) is 6.31. The number of carbonyl (C=O) groups is 1. The number of pyridine rings is 1. The van der Waals surface area contributed by atoms with Gasteiger partial charge < -0.3 is 10.4 Å². The third kappa shape index (κ3) is 4.77. The quantitative estimate of drug-likeness (QED) is 0.297. The zero-order valence-electron chi connectivity index (χ0n) is 18.8. The Labute approximate surface area is 202 Å². The van der Waals surface area contributed by atoms with Gasteiger partial charge in [0.25, 0.3) is 0 Å². The van der Waals surface area contributed by atoms with Gasteiger partial charge >= 0.3 is 5.97 Å². The van der Waals surface area contributed by atoms with Crippen LogP contribution in [0.3, 0.4) is 0 Å². The van der Waals surface area contributed by atoms with Gasteiger partial charge in [0.15, 0.2) is 5.82 Å². The molecule has 2 N–H and O–H groups in total. The molecular formula is C29H22N4O2. The lowest BCUT2D eigenvalue weighted by Gasteiger charge is -2.13. The molecule has 170 valence electrons. The molecule has 2 heterocycles. The fourth-order valence-electron chi connectivity index (χ4n) is 3.83. The summed E-state index contributed by atoms with van der Waals surface area (Å²) in [6, 6.07) is 24.9. The van der Waals surface area contributed by atoms with Crippen molar-refractivity contribution in [2.24, 2.45) is 0 Å². The Balaban J connectivity index is 1.54. The number of nitrogens with one attached hydrogen (secondary N) is 1. The van der Waals surface area contributed by atoms with Crippen LogP contribution in [0, 0.1) is 0 Å². The third-order valence-corrected chi connectivity index (χ3v) is 5.76. The molecule has 0 aliphatic heterocycles. The number of carboxylic acids is 1. The molecule has 0 saturated carbocycles. The summed E-state index contributed by atoms with van der Waals surface area (Å²) in [4.78, 5) is 25.0. The van der Waals surface area contributed by atoms with E-state index in [0.717, 1.165) is 38.7 Å². The van der Waals surface area contributed by atoms with Crippen molar-refractivity contribution in [1.29, 1.82) is 0 Å². The number of hydrogen-bond acceptors (Lipinski definition) is 5. The van der Waals surface area contributed by atoms with Gasteiger partial charge in [-0.05, 0) is 58.7 Å². The molecule has 0 saturated heterocycles. The highest BCUT2D eigenvalue weighted by Crippen LogP contribution is 2.29. The van der Waals surface area contributed by atoms with Gasteiger partial charge in [0.1, 0.15) is 5.82 Å². The number of rotatable bonds is 7. The molecule has 0 amide bonds. The van der Waals surface area contributed by atoms with Gasteiger partial charge in [-0.2, -0.15) is 0 Å². The first-order chi connectivity index (χ1) is 17.1. The van der Waals surface area contributed by atoms with Gasteiger partial charge in [0.2, 0.25) is 0 Å². The largest absolute Gasteiger partial charge is 0.478 e. The second-order valence-corrected chi connectivity index (χ2v) is 8.05. The summed E-state index contributed by atoms with van der Waals surface area (Å²) < 4.78 is 0. The van der Waals surface area contributed by atoms with E-state index in [1.54, 1.807) is 36.7 Å². The summed E-state index contributed by atoms with van der Waals surface area (Å²) in [6.45, 7) is 4.31. The zero-order chi connectivity index (χ0) is 24.2. The molecule has 0 unspecified atom stereocenters. The first kappa shape index (κ1) is 22.0. The monoisotopic (exact) mass is 458 g/mol. The van der Waals surface area contributed by atoms with Gasteiger partial charge in [0, 0.05) is 29.9 Å². The van der Waals surface area contributed by atoms with Crippen molar-refractivity contribution in [2.45, 2.75) is 6.54 Å². The summed E-state index contributed by atoms with van der Waals surface area (Å²) in [5, 5.41) is 13.4. The molecule has 0 spiro atoms. The Hall–Kier alpha value is -4.84. The molecule has 0 aliphatic rings. The van der Waals surface area contributed by atoms with Crippen molar-refractivity contribution in [1.82, 2.24) is 15.0 Å². The van der Waals surface area contributed by atoms with E-state index in [2.05, 4.69) is 41.1 Å². The van der Waals surface area contributed by atoms with Crippen LogP contribution in [0.1, 0.15) is 21.5 Å². The first-order valence-corrected chi connectivity index (χ1v) is 11.1. The van der Waals surface area contributed by atoms with Gasteiger partial charge in [0.05, 0.1) is 11.1 Å². The number of aromatic carboxylic acids is 1. The second-order valence-electron chi connectivity index (χ2n) is 8.05. The maximum Gasteiger partial charge on any atom is 0.335 e. The van der Waals surface area contributed by atoms with E-state index < -0.39 is 5.97 Å². The molecule has 0 aliphatic carbocycles. The highest BCUT2D eigenvalue weighted by Gasteiger charge is 2.12. The van der Waals surface area contributed by atoms with Crippen LogP contribution in [0.2, 0.25) is 0 Å². The Morgan fingerprint density at radius 3 is 2.37 bits per heavy atom. The summed E-state index contributed by atoms with van der Waals surface area (Å²) in [7, 11) is 0. The summed E-state index contributed by atoms with van der Waals surface area (Å²) in [5.41, 5.74) is 6.05. The molecule has 3 aromatic carbocycles. The minimum Gasteiger partial charge on any atom is -0.478 e. The number of carboxylic acid groups (broad SMARTS) is 1. The molecule has 35 heavy (non-hydrogen) atoms. The molecule has 6 heteroatoms. The maximum atomic E-state index is 11.1. The number of benzene rings is 3. The van der Waals surface area contributed by atoms with Crippen LogP contribution >= 0.6 is 0 Å². The van der Waals surface area contributed by atoms with Gasteiger partial charge in [-0.1, -0.05) is 55.1 Å². The Morgan fingerprint density at radius 2 is 1.69 bits per heavy atom. The standard InChI is InChI=1S/C29H22N4O2/c1-2-19-5-9-21(10-6-19)23-13-14-25-26(16-23)32-27(24-4-3-15-30-18-24)33-28(25)31-17-20-7-11-22(12-8-20)29(34)35/h2-16,18H,1,17H2,(H,34,35)(H,31,32,33). The molecule has 5 aromatic rings. The van der Waals surface area contributed by atoms with Crippen LogP contribution in [-0.4, -0.2) is 26.0 Å². The van der Waals surface area contributed by atoms with E-state index in [0.29, 0.717) is 18.2 Å². The number of nitrogens with zero attached hydrogens (tertiary/aromatic N) is 3. The van der Waals surface area contributed by atoms with Crippen LogP contribution in [0.4, 0.5) is 5.82 Å². The first-order valence-electron chi connectivity index (χ1n) is 11.1. The number of hydrogen-bond donors (Lipinski definition) is 2. The van der Waals surface area contributed by atoms with Crippen LogP contribution in [0.25, 0.3) is 39.5 Å². The van der Waals surface area contributed by atoms with Crippen molar-refractivity contribution >= 4 is 28.8 Å². The number of anilines is 1. The molecule has 5 rings (SSSR count). The molecule has 6 nitrogen and oxygen atoms in total. The molecular weight excluding hydrogens is 436 g/mol. The summed E-state index contributed by atoms with van der Waals surface area (Å²) in [6.07, 6.45) is 5.29. The Bertz CT molecular complexity index is 1510. The second kappa shape index (κ2) is 9.57. The molecule has 0 bridgehead atoms. The number of fused-ring (bicyclic) bond motifs is 1. The van der Waals surface area contributed by atoms with Crippen LogP contribution in [-0.2, 0) is 6.54 Å². The van der Waals surface area contributed by atoms with Crippen molar-refractivity contribution in [2.75, 3.05) is 5.32 Å². The van der Waals surface area contributed by atoms with Crippen LogP contribution < -0.4 is 5.32 Å². The van der Waals surface area contributed by atoms with E-state index in [-0.39, 0.29) is 5.56 Å². The SMILES string of the molecule is C=Cc1ccc(-c2ccc3c(NCc4ccc(C(=O)O)cc4)nc(-c4cccnc4)nc3c2)cc1. The van der Waals surface area contributed by atoms with Crippen LogP contribution in [0.15, 0.2) is 97.8 Å². The Morgan fingerprint density at radius 1 is 0.914 bits per heavy atom. The Kier molecular flexibility index (Phi) is 6.01. The van der Waals surface area contributed by atoms with E-state index in [9.17, 15) is 4.79 Å². The number of aromatic nitrogens is 3. The van der Waals surface area contributed by atoms with Crippen molar-refractivity contribution in [3.8, 4) is 22.5 Å². The summed E-state index contributed by atoms with van der Waals surface area (Å²) >= 11 is 0. The zero-order valence-corrected chi connectivity index (χ0v) is 18.8. The fraction of sp³-hybridized carbons (Fsp3) is 0.0345. The smallest absolute Gasteiger partial charge is 0.335 e. The average Bonchev–Trinajstić information content (AvgIpc) is 2.92.